The SMILES string of the molecule is CSCCCCNc1ccc(CC#N)cc1. The summed E-state index contributed by atoms with van der Waals surface area (Å²) in [6.07, 6.45) is 5.11. The monoisotopic (exact) mass is 234 g/mol. The first-order valence-corrected chi connectivity index (χ1v) is 6.95. The second kappa shape index (κ2) is 8.06. The van der Waals surface area contributed by atoms with E-state index in [0.29, 0.717) is 6.42 Å². The smallest absolute Gasteiger partial charge is 0.0669 e. The largest absolute Gasteiger partial charge is 0.385 e. The van der Waals surface area contributed by atoms with Crippen molar-refractivity contribution in [3.8, 4) is 6.07 Å². The molecule has 0 amide bonds. The molecule has 0 unspecified atom stereocenters. The number of benzene rings is 1. The van der Waals surface area contributed by atoms with Crippen molar-refractivity contribution in [3.63, 3.8) is 0 Å². The minimum atomic E-state index is 0.494. The van der Waals surface area contributed by atoms with Gasteiger partial charge in [-0.1, -0.05) is 12.1 Å². The van der Waals surface area contributed by atoms with Crippen LogP contribution >= 0.6 is 11.8 Å². The number of hydrogen-bond acceptors (Lipinski definition) is 3. The Morgan fingerprint density at radius 3 is 2.62 bits per heavy atom. The van der Waals surface area contributed by atoms with Gasteiger partial charge in [0, 0.05) is 12.2 Å². The minimum absolute atomic E-state index is 0.494. The van der Waals surface area contributed by atoms with E-state index in [2.05, 4.69) is 17.6 Å². The Kier molecular flexibility index (Phi) is 6.52. The van der Waals surface area contributed by atoms with E-state index in [0.717, 1.165) is 17.8 Å². The molecule has 0 aliphatic carbocycles. The van der Waals surface area contributed by atoms with Crippen molar-refractivity contribution in [1.29, 1.82) is 5.26 Å². The van der Waals surface area contributed by atoms with Crippen LogP contribution in [0.2, 0.25) is 0 Å². The Morgan fingerprint density at radius 1 is 1.25 bits per heavy atom. The molecule has 0 aliphatic heterocycles. The van der Waals surface area contributed by atoms with Gasteiger partial charge < -0.3 is 5.32 Å². The Hall–Kier alpha value is -1.14. The number of unbranched alkanes of at least 4 members (excludes halogenated alkanes) is 1. The standard InChI is InChI=1S/C13H18N2S/c1-16-11-3-2-10-15-13-6-4-12(5-7-13)8-9-14/h4-7,15H,2-3,8,10-11H2,1H3. The van der Waals surface area contributed by atoms with Crippen LogP contribution in [0.3, 0.4) is 0 Å². The fourth-order valence-corrected chi connectivity index (χ4v) is 1.93. The molecule has 1 rings (SSSR count). The molecule has 0 fully saturated rings. The predicted octanol–water partition coefficient (Wildman–Crippen LogP) is 3.31. The highest BCUT2D eigenvalue weighted by molar-refractivity contribution is 7.98. The number of nitrogens with one attached hydrogen (secondary N) is 1. The van der Waals surface area contributed by atoms with Gasteiger partial charge in [0.25, 0.3) is 0 Å². The molecule has 0 saturated heterocycles. The molecule has 0 heterocycles. The molecule has 0 bridgehead atoms. The van der Waals surface area contributed by atoms with Crippen molar-refractivity contribution in [1.82, 2.24) is 0 Å². The van der Waals surface area contributed by atoms with Gasteiger partial charge in [0.15, 0.2) is 0 Å². The van der Waals surface area contributed by atoms with Gasteiger partial charge in [-0.25, -0.2) is 0 Å². The van der Waals surface area contributed by atoms with Crippen LogP contribution in [0, 0.1) is 11.3 Å². The van der Waals surface area contributed by atoms with E-state index in [1.807, 2.05) is 36.0 Å². The molecular formula is C13H18N2S. The normalized spacial score (nSPS) is 9.75. The lowest BCUT2D eigenvalue weighted by Crippen LogP contribution is -2.01. The molecule has 16 heavy (non-hydrogen) atoms. The highest BCUT2D eigenvalue weighted by Crippen LogP contribution is 2.10. The summed E-state index contributed by atoms with van der Waals surface area (Å²) in [5.74, 6) is 1.24. The Labute approximate surface area is 102 Å². The number of thioether (sulfide) groups is 1. The Morgan fingerprint density at radius 2 is 2.00 bits per heavy atom. The molecule has 1 aromatic carbocycles. The van der Waals surface area contributed by atoms with Crippen molar-refractivity contribution in [3.05, 3.63) is 29.8 Å². The Bertz CT molecular complexity index is 327. The highest BCUT2D eigenvalue weighted by Gasteiger charge is 1.93. The van der Waals surface area contributed by atoms with Gasteiger partial charge in [0.05, 0.1) is 12.5 Å². The maximum absolute atomic E-state index is 8.55. The minimum Gasteiger partial charge on any atom is -0.385 e. The average molecular weight is 234 g/mol. The molecule has 2 nitrogen and oxygen atoms in total. The van der Waals surface area contributed by atoms with Gasteiger partial charge >= 0.3 is 0 Å². The number of hydrogen-bond donors (Lipinski definition) is 1. The van der Waals surface area contributed by atoms with Gasteiger partial charge in [-0.05, 0) is 42.5 Å². The van der Waals surface area contributed by atoms with Crippen LogP contribution in [0.4, 0.5) is 5.69 Å². The molecule has 0 radical (unpaired) electrons. The van der Waals surface area contributed by atoms with Crippen LogP contribution in [0.15, 0.2) is 24.3 Å². The molecule has 3 heteroatoms. The number of nitriles is 1. The second-order valence-electron chi connectivity index (χ2n) is 3.66. The molecule has 0 atom stereocenters. The predicted molar refractivity (Wildman–Crippen MR) is 71.9 cm³/mol. The summed E-state index contributed by atoms with van der Waals surface area (Å²) in [4.78, 5) is 0. The third kappa shape index (κ3) is 5.09. The van der Waals surface area contributed by atoms with Crippen LogP contribution < -0.4 is 5.32 Å². The van der Waals surface area contributed by atoms with Gasteiger partial charge in [-0.15, -0.1) is 0 Å². The van der Waals surface area contributed by atoms with Crippen LogP contribution in [-0.4, -0.2) is 18.6 Å². The summed E-state index contributed by atoms with van der Waals surface area (Å²) < 4.78 is 0. The van der Waals surface area contributed by atoms with Crippen molar-refractivity contribution in [2.24, 2.45) is 0 Å². The second-order valence-corrected chi connectivity index (χ2v) is 4.64. The summed E-state index contributed by atoms with van der Waals surface area (Å²) in [7, 11) is 0. The van der Waals surface area contributed by atoms with Gasteiger partial charge in [0.1, 0.15) is 0 Å². The van der Waals surface area contributed by atoms with E-state index >= 15 is 0 Å². The summed E-state index contributed by atoms with van der Waals surface area (Å²) in [6, 6.07) is 10.2. The molecule has 0 aliphatic rings. The maximum Gasteiger partial charge on any atom is 0.0669 e. The Balaban J connectivity index is 2.24. The first-order chi connectivity index (χ1) is 7.86. The number of rotatable bonds is 7. The molecular weight excluding hydrogens is 216 g/mol. The summed E-state index contributed by atoms with van der Waals surface area (Å²) in [6.45, 7) is 1.03. The highest BCUT2D eigenvalue weighted by atomic mass is 32.2. The van der Waals surface area contributed by atoms with E-state index in [1.54, 1.807) is 0 Å². The van der Waals surface area contributed by atoms with Gasteiger partial charge in [-0.3, -0.25) is 0 Å². The lowest BCUT2D eigenvalue weighted by atomic mass is 10.1. The van der Waals surface area contributed by atoms with Crippen LogP contribution in [0.5, 0.6) is 0 Å². The van der Waals surface area contributed by atoms with Crippen LogP contribution in [0.25, 0.3) is 0 Å². The molecule has 0 spiro atoms. The zero-order valence-electron chi connectivity index (χ0n) is 9.70. The zero-order valence-corrected chi connectivity index (χ0v) is 10.5. The number of anilines is 1. The van der Waals surface area contributed by atoms with Crippen molar-refractivity contribution < 1.29 is 0 Å². The fraction of sp³-hybridized carbons (Fsp3) is 0.462. The van der Waals surface area contributed by atoms with Crippen molar-refractivity contribution in [2.45, 2.75) is 19.3 Å². The lowest BCUT2D eigenvalue weighted by Gasteiger charge is -2.06. The first kappa shape index (κ1) is 12.9. The van der Waals surface area contributed by atoms with E-state index in [4.69, 9.17) is 5.26 Å². The third-order valence-corrected chi connectivity index (χ3v) is 3.04. The first-order valence-electron chi connectivity index (χ1n) is 5.55. The van der Waals surface area contributed by atoms with Gasteiger partial charge in [0.2, 0.25) is 0 Å². The molecule has 0 aromatic heterocycles. The summed E-state index contributed by atoms with van der Waals surface area (Å²) >= 11 is 1.90. The summed E-state index contributed by atoms with van der Waals surface area (Å²) in [5, 5.41) is 11.9. The molecule has 1 N–H and O–H groups in total. The van der Waals surface area contributed by atoms with Gasteiger partial charge in [-0.2, -0.15) is 17.0 Å². The van der Waals surface area contributed by atoms with Crippen molar-refractivity contribution >= 4 is 17.4 Å². The van der Waals surface area contributed by atoms with E-state index < -0.39 is 0 Å². The van der Waals surface area contributed by atoms with Crippen molar-refractivity contribution in [2.75, 3.05) is 23.9 Å². The van der Waals surface area contributed by atoms with E-state index in [1.165, 1.54) is 18.6 Å². The lowest BCUT2D eigenvalue weighted by molar-refractivity contribution is 0.843. The number of nitrogens with zero attached hydrogens (tertiary/aromatic N) is 1. The van der Waals surface area contributed by atoms with E-state index in [9.17, 15) is 0 Å². The van der Waals surface area contributed by atoms with Crippen LogP contribution in [0.1, 0.15) is 18.4 Å². The maximum atomic E-state index is 8.55. The zero-order chi connectivity index (χ0) is 11.6. The average Bonchev–Trinajstić information content (AvgIpc) is 2.31. The summed E-state index contributed by atoms with van der Waals surface area (Å²) in [5.41, 5.74) is 2.22. The topological polar surface area (TPSA) is 35.8 Å². The van der Waals surface area contributed by atoms with Crippen LogP contribution in [-0.2, 0) is 6.42 Å². The molecule has 86 valence electrons. The third-order valence-electron chi connectivity index (χ3n) is 2.34. The molecule has 1 aromatic rings. The van der Waals surface area contributed by atoms with E-state index in [-0.39, 0.29) is 0 Å². The molecule has 0 saturated carbocycles. The quantitative estimate of drug-likeness (QED) is 0.735. The fourth-order valence-electron chi connectivity index (χ4n) is 1.44.